The van der Waals surface area contributed by atoms with Gasteiger partial charge in [-0.2, -0.15) is 13.2 Å². The molecular formula is C25H30F3N3O4. The molecule has 1 heterocycles. The summed E-state index contributed by atoms with van der Waals surface area (Å²) in [4.78, 5) is 27.3. The summed E-state index contributed by atoms with van der Waals surface area (Å²) in [5.41, 5.74) is 0.478. The van der Waals surface area contributed by atoms with Gasteiger partial charge in [0.05, 0.1) is 25.7 Å². The maximum atomic E-state index is 13.0. The maximum absolute atomic E-state index is 13.0. The molecule has 1 saturated heterocycles. The molecule has 0 spiro atoms. The van der Waals surface area contributed by atoms with E-state index < -0.39 is 17.7 Å². The molecule has 3 rings (SSSR count). The third-order valence-corrected chi connectivity index (χ3v) is 6.04. The van der Waals surface area contributed by atoms with E-state index in [9.17, 15) is 22.8 Å². The molecular weight excluding hydrogens is 463 g/mol. The van der Waals surface area contributed by atoms with Crippen molar-refractivity contribution in [3.05, 3.63) is 59.2 Å². The Balaban J connectivity index is 1.77. The Morgan fingerprint density at radius 1 is 1.03 bits per heavy atom. The SMILES string of the molecule is CCNC(=O)N1C[C@@H](C(=O)NCc2cccc(C(F)(F)F)c2)C[C@H](c2ccc(OC)c(OC)c2)C1. The Morgan fingerprint density at radius 2 is 1.77 bits per heavy atom. The normalized spacial score (nSPS) is 18.1. The van der Waals surface area contributed by atoms with Crippen LogP contribution in [0.1, 0.15) is 36.0 Å². The van der Waals surface area contributed by atoms with Gasteiger partial charge in [0.1, 0.15) is 0 Å². The molecule has 1 aliphatic heterocycles. The van der Waals surface area contributed by atoms with Gasteiger partial charge in [0.2, 0.25) is 5.91 Å². The number of methoxy groups -OCH3 is 2. The Labute approximate surface area is 202 Å². The van der Waals surface area contributed by atoms with Crippen molar-refractivity contribution in [3.8, 4) is 11.5 Å². The Hall–Kier alpha value is -3.43. The Morgan fingerprint density at radius 3 is 2.43 bits per heavy atom. The highest BCUT2D eigenvalue weighted by atomic mass is 19.4. The topological polar surface area (TPSA) is 79.9 Å². The number of alkyl halides is 3. The zero-order chi connectivity index (χ0) is 25.6. The van der Waals surface area contributed by atoms with Crippen LogP contribution in [-0.4, -0.2) is 50.7 Å². The van der Waals surface area contributed by atoms with E-state index in [2.05, 4.69) is 10.6 Å². The second-order valence-corrected chi connectivity index (χ2v) is 8.40. The number of benzene rings is 2. The second-order valence-electron chi connectivity index (χ2n) is 8.40. The number of likely N-dealkylation sites (tertiary alicyclic amines) is 1. The van der Waals surface area contributed by atoms with E-state index in [0.717, 1.165) is 17.7 Å². The first-order chi connectivity index (χ1) is 16.7. The van der Waals surface area contributed by atoms with Gasteiger partial charge >= 0.3 is 12.2 Å². The zero-order valence-corrected chi connectivity index (χ0v) is 19.9. The molecule has 1 aliphatic rings. The number of nitrogens with zero attached hydrogens (tertiary/aromatic N) is 1. The van der Waals surface area contributed by atoms with Crippen LogP contribution in [0.5, 0.6) is 11.5 Å². The van der Waals surface area contributed by atoms with Crippen LogP contribution in [0.15, 0.2) is 42.5 Å². The van der Waals surface area contributed by atoms with Crippen molar-refractivity contribution in [2.75, 3.05) is 33.9 Å². The number of nitrogens with one attached hydrogen (secondary N) is 2. The van der Waals surface area contributed by atoms with Gasteiger partial charge in [-0.3, -0.25) is 4.79 Å². The molecule has 0 unspecified atom stereocenters. The van der Waals surface area contributed by atoms with Crippen LogP contribution >= 0.6 is 0 Å². The monoisotopic (exact) mass is 493 g/mol. The van der Waals surface area contributed by atoms with Crippen molar-refractivity contribution < 1.29 is 32.2 Å². The summed E-state index contributed by atoms with van der Waals surface area (Å²) in [7, 11) is 3.08. The van der Waals surface area contributed by atoms with Crippen LogP contribution in [0, 0.1) is 5.92 Å². The average Bonchev–Trinajstić information content (AvgIpc) is 2.86. The third-order valence-electron chi connectivity index (χ3n) is 6.04. The van der Waals surface area contributed by atoms with Crippen LogP contribution in [0.2, 0.25) is 0 Å². The minimum absolute atomic E-state index is 0.0402. The number of carbonyl (C=O) groups is 2. The fourth-order valence-electron chi connectivity index (χ4n) is 4.26. The largest absolute Gasteiger partial charge is 0.493 e. The quantitative estimate of drug-likeness (QED) is 0.607. The van der Waals surface area contributed by atoms with E-state index in [4.69, 9.17) is 9.47 Å². The lowest BCUT2D eigenvalue weighted by Gasteiger charge is -2.37. The van der Waals surface area contributed by atoms with Crippen molar-refractivity contribution in [2.45, 2.75) is 32.0 Å². The summed E-state index contributed by atoms with van der Waals surface area (Å²) in [6.45, 7) is 2.85. The standard InChI is InChI=1S/C25H30F3N3O4/c1-4-29-24(33)31-14-18(17-8-9-21(34-2)22(12-17)35-3)11-19(15-31)23(32)30-13-16-6-5-7-20(10-16)25(26,27)28/h5-10,12,18-19H,4,11,13-15H2,1-3H3,(H,29,33)(H,30,32)/t18-,19-/m0/s1. The van der Waals surface area contributed by atoms with E-state index >= 15 is 0 Å². The number of piperidine rings is 1. The van der Waals surface area contributed by atoms with E-state index in [1.807, 2.05) is 19.1 Å². The lowest BCUT2D eigenvalue weighted by molar-refractivity contribution is -0.137. The molecule has 1 fully saturated rings. The number of hydrogen-bond donors (Lipinski definition) is 2. The fourth-order valence-corrected chi connectivity index (χ4v) is 4.26. The number of carbonyl (C=O) groups excluding carboxylic acids is 2. The number of ether oxygens (including phenoxy) is 2. The molecule has 190 valence electrons. The molecule has 2 N–H and O–H groups in total. The summed E-state index contributed by atoms with van der Waals surface area (Å²) in [6, 6.07) is 10.1. The van der Waals surface area contributed by atoms with Crippen molar-refractivity contribution >= 4 is 11.9 Å². The number of urea groups is 1. The van der Waals surface area contributed by atoms with Gasteiger partial charge in [-0.25, -0.2) is 4.79 Å². The molecule has 2 aromatic carbocycles. The molecule has 3 amide bonds. The predicted molar refractivity (Wildman–Crippen MR) is 124 cm³/mol. The van der Waals surface area contributed by atoms with E-state index in [0.29, 0.717) is 36.6 Å². The molecule has 0 saturated carbocycles. The lowest BCUT2D eigenvalue weighted by atomic mass is 9.84. The second kappa shape index (κ2) is 11.3. The summed E-state index contributed by atoms with van der Waals surface area (Å²) >= 11 is 0. The summed E-state index contributed by atoms with van der Waals surface area (Å²) < 4.78 is 49.7. The number of amides is 3. The molecule has 0 aliphatic carbocycles. The van der Waals surface area contributed by atoms with E-state index in [1.54, 1.807) is 18.1 Å². The van der Waals surface area contributed by atoms with Crippen molar-refractivity contribution in [1.29, 1.82) is 0 Å². The minimum atomic E-state index is -4.46. The van der Waals surface area contributed by atoms with Crippen LogP contribution in [0.25, 0.3) is 0 Å². The van der Waals surface area contributed by atoms with Crippen LogP contribution in [0.3, 0.4) is 0 Å². The Kier molecular flexibility index (Phi) is 8.48. The first-order valence-electron chi connectivity index (χ1n) is 11.3. The van der Waals surface area contributed by atoms with Crippen LogP contribution < -0.4 is 20.1 Å². The first kappa shape index (κ1) is 26.2. The van der Waals surface area contributed by atoms with Gasteiger partial charge in [0, 0.05) is 32.1 Å². The molecule has 35 heavy (non-hydrogen) atoms. The Bertz CT molecular complexity index is 1040. The third kappa shape index (κ3) is 6.58. The summed E-state index contributed by atoms with van der Waals surface area (Å²) in [6.07, 6.45) is -3.98. The van der Waals surface area contributed by atoms with E-state index in [1.165, 1.54) is 19.2 Å². The predicted octanol–water partition coefficient (Wildman–Crippen LogP) is 4.17. The smallest absolute Gasteiger partial charge is 0.416 e. The van der Waals surface area contributed by atoms with E-state index in [-0.39, 0.29) is 30.9 Å². The maximum Gasteiger partial charge on any atom is 0.416 e. The van der Waals surface area contributed by atoms with Crippen LogP contribution in [-0.2, 0) is 17.5 Å². The van der Waals surface area contributed by atoms with Gasteiger partial charge in [-0.05, 0) is 48.7 Å². The lowest BCUT2D eigenvalue weighted by Crippen LogP contribution is -2.51. The van der Waals surface area contributed by atoms with Gasteiger partial charge in [-0.1, -0.05) is 18.2 Å². The number of rotatable bonds is 7. The minimum Gasteiger partial charge on any atom is -0.493 e. The summed E-state index contributed by atoms with van der Waals surface area (Å²) in [5, 5.41) is 5.51. The van der Waals surface area contributed by atoms with Crippen molar-refractivity contribution in [3.63, 3.8) is 0 Å². The first-order valence-corrected chi connectivity index (χ1v) is 11.3. The molecule has 0 aromatic heterocycles. The summed E-state index contributed by atoms with van der Waals surface area (Å²) in [5.74, 6) is 0.126. The fraction of sp³-hybridized carbons (Fsp3) is 0.440. The van der Waals surface area contributed by atoms with Crippen LogP contribution in [0.4, 0.5) is 18.0 Å². The number of hydrogen-bond acceptors (Lipinski definition) is 4. The highest BCUT2D eigenvalue weighted by Gasteiger charge is 2.35. The molecule has 10 heteroatoms. The zero-order valence-electron chi connectivity index (χ0n) is 19.9. The molecule has 2 atom stereocenters. The molecule has 0 radical (unpaired) electrons. The van der Waals surface area contributed by atoms with Gasteiger partial charge in [0.15, 0.2) is 11.5 Å². The van der Waals surface area contributed by atoms with Gasteiger partial charge < -0.3 is 25.0 Å². The highest BCUT2D eigenvalue weighted by molar-refractivity contribution is 5.81. The van der Waals surface area contributed by atoms with Crippen molar-refractivity contribution in [1.82, 2.24) is 15.5 Å². The number of halogens is 3. The average molecular weight is 494 g/mol. The van der Waals surface area contributed by atoms with Gasteiger partial charge in [-0.15, -0.1) is 0 Å². The molecule has 7 nitrogen and oxygen atoms in total. The molecule has 0 bridgehead atoms. The highest BCUT2D eigenvalue weighted by Crippen LogP contribution is 2.36. The molecule has 2 aromatic rings. The van der Waals surface area contributed by atoms with Gasteiger partial charge in [0.25, 0.3) is 0 Å². The van der Waals surface area contributed by atoms with Crippen molar-refractivity contribution in [2.24, 2.45) is 5.92 Å².